The summed E-state index contributed by atoms with van der Waals surface area (Å²) in [7, 11) is 0. The number of rotatable bonds is 3. The van der Waals surface area contributed by atoms with Crippen molar-refractivity contribution < 1.29 is 4.79 Å². The van der Waals surface area contributed by atoms with E-state index in [1.807, 2.05) is 6.07 Å². The van der Waals surface area contributed by atoms with Gasteiger partial charge in [-0.1, -0.05) is 0 Å². The summed E-state index contributed by atoms with van der Waals surface area (Å²) < 4.78 is 0.400. The highest BCUT2D eigenvalue weighted by Gasteiger charge is 2.12. The van der Waals surface area contributed by atoms with Gasteiger partial charge in [-0.05, 0) is 27.6 Å². The molecule has 1 aromatic rings. The number of hydrogen-bond acceptors (Lipinski definition) is 3. The average Bonchev–Trinajstić information content (AvgIpc) is 2.14. The molecule has 0 aromatic carbocycles. The molecule has 0 spiro atoms. The van der Waals surface area contributed by atoms with Crippen molar-refractivity contribution in [2.45, 2.75) is 6.42 Å². The van der Waals surface area contributed by atoms with Crippen LogP contribution in [0.25, 0.3) is 0 Å². The predicted octanol–water partition coefficient (Wildman–Crippen LogP) is 1.41. The smallest absolute Gasteiger partial charge is 0.251 e. The number of halogens is 1. The third-order valence-corrected chi connectivity index (χ3v) is 2.20. The van der Waals surface area contributed by atoms with E-state index in [4.69, 9.17) is 11.0 Å². The van der Waals surface area contributed by atoms with E-state index < -0.39 is 5.91 Å². The van der Waals surface area contributed by atoms with Gasteiger partial charge in [0.1, 0.15) is 4.60 Å². The van der Waals surface area contributed by atoms with Crippen LogP contribution in [0.2, 0.25) is 0 Å². The summed E-state index contributed by atoms with van der Waals surface area (Å²) >= 11 is 3.12. The minimum atomic E-state index is -0.561. The number of primary amides is 1. The Morgan fingerprint density at radius 2 is 2.50 bits per heavy atom. The van der Waals surface area contributed by atoms with Crippen molar-refractivity contribution >= 4 is 21.8 Å². The van der Waals surface area contributed by atoms with E-state index in [2.05, 4.69) is 20.9 Å². The lowest BCUT2D eigenvalue weighted by atomic mass is 10.1. The van der Waals surface area contributed by atoms with Gasteiger partial charge in [-0.25, -0.2) is 4.98 Å². The Kier molecular flexibility index (Phi) is 3.60. The van der Waals surface area contributed by atoms with E-state index >= 15 is 0 Å². The van der Waals surface area contributed by atoms with Crippen LogP contribution < -0.4 is 5.73 Å². The van der Waals surface area contributed by atoms with Crippen LogP contribution in [0, 0.1) is 17.8 Å². The lowest BCUT2D eigenvalue weighted by Crippen LogP contribution is -2.15. The van der Waals surface area contributed by atoms with Gasteiger partial charge in [-0.2, -0.15) is 5.26 Å². The van der Waals surface area contributed by atoms with E-state index in [0.29, 0.717) is 15.7 Å². The molecule has 0 atom stereocenters. The number of carbonyl (C=O) groups excluding carboxylic acids is 1. The maximum Gasteiger partial charge on any atom is 0.251 e. The Balaban J connectivity index is 3.09. The third-order valence-electron chi connectivity index (χ3n) is 1.60. The number of aromatic nitrogens is 1. The molecule has 71 valence electrons. The van der Waals surface area contributed by atoms with Gasteiger partial charge < -0.3 is 5.73 Å². The van der Waals surface area contributed by atoms with Gasteiger partial charge >= 0.3 is 0 Å². The topological polar surface area (TPSA) is 79.8 Å². The molecule has 4 nitrogen and oxygen atoms in total. The fourth-order valence-electron chi connectivity index (χ4n) is 1.02. The molecule has 0 aliphatic rings. The maximum atomic E-state index is 11.1. The second kappa shape index (κ2) is 4.72. The Morgan fingerprint density at radius 1 is 1.79 bits per heavy atom. The summed E-state index contributed by atoms with van der Waals surface area (Å²) in [6, 6.07) is 3.60. The predicted molar refractivity (Wildman–Crippen MR) is 54.1 cm³/mol. The first-order valence-electron chi connectivity index (χ1n) is 3.81. The molecule has 0 unspecified atom stereocenters. The molecule has 2 N–H and O–H groups in total. The Labute approximate surface area is 89.9 Å². The summed E-state index contributed by atoms with van der Waals surface area (Å²) in [6.45, 7) is 0. The summed E-state index contributed by atoms with van der Waals surface area (Å²) in [6.07, 6.45) is 3.41. The minimum Gasteiger partial charge on any atom is -0.366 e. The summed E-state index contributed by atoms with van der Waals surface area (Å²) in [5.74, 6) is -0.561. The first-order chi connectivity index (χ1) is 6.66. The molecule has 1 heterocycles. The van der Waals surface area contributed by atoms with Crippen LogP contribution >= 0.6 is 15.9 Å². The van der Waals surface area contributed by atoms with Crippen molar-refractivity contribution in [2.24, 2.45) is 5.73 Å². The number of amides is 1. The highest BCUT2D eigenvalue weighted by atomic mass is 79.9. The van der Waals surface area contributed by atoms with Crippen molar-refractivity contribution in [1.82, 2.24) is 4.98 Å². The molecule has 0 bridgehead atoms. The number of carbonyl (C=O) groups is 1. The van der Waals surface area contributed by atoms with Gasteiger partial charge in [-0.3, -0.25) is 4.79 Å². The maximum absolute atomic E-state index is 11.1. The van der Waals surface area contributed by atoms with E-state index in [1.54, 1.807) is 18.7 Å². The van der Waals surface area contributed by atoms with Crippen molar-refractivity contribution in [2.75, 3.05) is 0 Å². The molecule has 0 saturated heterocycles. The molecule has 1 radical (unpaired) electrons. The average molecular weight is 253 g/mol. The Hall–Kier alpha value is -1.41. The van der Waals surface area contributed by atoms with E-state index in [9.17, 15) is 4.79 Å². The summed E-state index contributed by atoms with van der Waals surface area (Å²) in [5, 5.41) is 8.40. The standard InChI is InChI=1S/C9H7BrN3O/c10-8-7(9(12)14)6(2-1-4-11)3-5-13-8/h2-3,5H,1H2,(H2,12,14). The number of nitrogens with two attached hydrogens (primary N) is 1. The van der Waals surface area contributed by atoms with Gasteiger partial charge in [-0.15, -0.1) is 0 Å². The van der Waals surface area contributed by atoms with Crippen LogP contribution in [0.4, 0.5) is 0 Å². The highest BCUT2D eigenvalue weighted by molar-refractivity contribution is 9.10. The molecular weight excluding hydrogens is 246 g/mol. The van der Waals surface area contributed by atoms with E-state index in [0.717, 1.165) is 0 Å². The molecule has 0 aliphatic carbocycles. The number of hydrogen-bond donors (Lipinski definition) is 1. The second-order valence-corrected chi connectivity index (χ2v) is 3.25. The van der Waals surface area contributed by atoms with Crippen molar-refractivity contribution in [1.29, 1.82) is 5.26 Å². The van der Waals surface area contributed by atoms with Gasteiger partial charge in [0.15, 0.2) is 0 Å². The van der Waals surface area contributed by atoms with Crippen LogP contribution in [0.1, 0.15) is 22.3 Å². The molecular formula is C9H7BrN3O. The Morgan fingerprint density at radius 3 is 3.07 bits per heavy atom. The van der Waals surface area contributed by atoms with Gasteiger partial charge in [0, 0.05) is 19.0 Å². The van der Waals surface area contributed by atoms with Crippen LogP contribution in [-0.4, -0.2) is 10.9 Å². The van der Waals surface area contributed by atoms with Gasteiger partial charge in [0.05, 0.1) is 11.6 Å². The van der Waals surface area contributed by atoms with Crippen molar-refractivity contribution in [3.63, 3.8) is 0 Å². The lowest BCUT2D eigenvalue weighted by Gasteiger charge is -2.04. The number of nitriles is 1. The monoisotopic (exact) mass is 252 g/mol. The normalized spacial score (nSPS) is 9.43. The van der Waals surface area contributed by atoms with E-state index in [1.165, 1.54) is 0 Å². The second-order valence-electron chi connectivity index (χ2n) is 2.50. The quantitative estimate of drug-likeness (QED) is 0.827. The van der Waals surface area contributed by atoms with Gasteiger partial charge in [0.2, 0.25) is 0 Å². The van der Waals surface area contributed by atoms with Crippen molar-refractivity contribution in [3.05, 3.63) is 34.4 Å². The van der Waals surface area contributed by atoms with Gasteiger partial charge in [0.25, 0.3) is 5.91 Å². The first kappa shape index (κ1) is 10.7. The number of nitrogens with zero attached hydrogens (tertiary/aromatic N) is 2. The largest absolute Gasteiger partial charge is 0.366 e. The zero-order valence-corrected chi connectivity index (χ0v) is 8.78. The molecule has 0 aliphatic heterocycles. The zero-order chi connectivity index (χ0) is 10.6. The molecule has 5 heteroatoms. The van der Waals surface area contributed by atoms with Crippen LogP contribution in [0.3, 0.4) is 0 Å². The van der Waals surface area contributed by atoms with Crippen LogP contribution in [0.15, 0.2) is 16.9 Å². The molecule has 1 aromatic heterocycles. The molecule has 0 fully saturated rings. The SMILES string of the molecule is N#CC[CH]c1ccnc(Br)c1C(N)=O. The van der Waals surface area contributed by atoms with Crippen LogP contribution in [0.5, 0.6) is 0 Å². The fourth-order valence-corrected chi connectivity index (χ4v) is 1.56. The van der Waals surface area contributed by atoms with Crippen molar-refractivity contribution in [3.8, 4) is 6.07 Å². The first-order valence-corrected chi connectivity index (χ1v) is 4.60. The molecule has 14 heavy (non-hydrogen) atoms. The summed E-state index contributed by atoms with van der Waals surface area (Å²) in [5.41, 5.74) is 6.11. The van der Waals surface area contributed by atoms with E-state index in [-0.39, 0.29) is 6.42 Å². The molecule has 1 amide bonds. The summed E-state index contributed by atoms with van der Waals surface area (Å²) in [4.78, 5) is 14.9. The highest BCUT2D eigenvalue weighted by Crippen LogP contribution is 2.19. The zero-order valence-electron chi connectivity index (χ0n) is 7.20. The lowest BCUT2D eigenvalue weighted by molar-refractivity contribution is 0.0998. The molecule has 1 rings (SSSR count). The fraction of sp³-hybridized carbons (Fsp3) is 0.111. The number of pyridine rings is 1. The molecule has 0 saturated carbocycles. The minimum absolute atomic E-state index is 0.233. The Bertz CT molecular complexity index is 398. The van der Waals surface area contributed by atoms with Crippen LogP contribution in [-0.2, 0) is 0 Å². The third kappa shape index (κ3) is 2.30.